The van der Waals surface area contributed by atoms with Gasteiger partial charge in [-0.1, -0.05) is 170 Å². The fourth-order valence-corrected chi connectivity index (χ4v) is 9.77. The summed E-state index contributed by atoms with van der Waals surface area (Å²) in [5.41, 5.74) is 12.8. The first-order chi connectivity index (χ1) is 31.3. The maximum atomic E-state index is 5.56. The lowest BCUT2D eigenvalue weighted by molar-refractivity contribution is 0.954. The number of hydrogen-bond donors (Lipinski definition) is 0. The zero-order valence-corrected chi connectivity index (χ0v) is 34.0. The van der Waals surface area contributed by atoms with Crippen molar-refractivity contribution in [2.24, 2.45) is 0 Å². The van der Waals surface area contributed by atoms with Gasteiger partial charge in [-0.2, -0.15) is 9.97 Å². The molecule has 6 heteroatoms. The van der Waals surface area contributed by atoms with Gasteiger partial charge in [0.15, 0.2) is 11.6 Å². The van der Waals surface area contributed by atoms with Gasteiger partial charge >= 0.3 is 0 Å². The average Bonchev–Trinajstić information content (AvgIpc) is 4.01. The summed E-state index contributed by atoms with van der Waals surface area (Å²) in [6, 6.07) is 77.2. The molecule has 0 aliphatic heterocycles. The van der Waals surface area contributed by atoms with E-state index in [0.717, 1.165) is 93.7 Å². The highest BCUT2D eigenvalue weighted by atomic mass is 15.2. The number of benzene rings is 9. The van der Waals surface area contributed by atoms with Crippen molar-refractivity contribution in [3.63, 3.8) is 0 Å². The van der Waals surface area contributed by atoms with Crippen LogP contribution in [0.25, 0.3) is 117 Å². The number of nitrogens with zero attached hydrogens (tertiary/aromatic N) is 6. The number of rotatable bonds is 6. The van der Waals surface area contributed by atoms with Crippen LogP contribution in [0.4, 0.5) is 0 Å². The first kappa shape index (κ1) is 35.2. The maximum Gasteiger partial charge on any atom is 0.238 e. The zero-order chi connectivity index (χ0) is 41.4. The monoisotopic (exact) mass is 804 g/mol. The van der Waals surface area contributed by atoms with Gasteiger partial charge in [0, 0.05) is 54.8 Å². The predicted octanol–water partition coefficient (Wildman–Crippen LogP) is 14.2. The Hall–Kier alpha value is -8.61. The third-order valence-electron chi connectivity index (χ3n) is 12.5. The lowest BCUT2D eigenvalue weighted by Gasteiger charge is -2.14. The average molecular weight is 805 g/mol. The van der Waals surface area contributed by atoms with E-state index in [1.165, 1.54) is 5.39 Å². The Morgan fingerprint density at radius 1 is 0.270 bits per heavy atom. The van der Waals surface area contributed by atoms with E-state index < -0.39 is 0 Å². The number of aromatic nitrogens is 6. The standard InChI is InChI=1S/C57H36N6/c1-4-17-37(18-5-1)38-31-33-39(34-32-38)55-58-56(47-26-16-30-51-52(47)46-25-12-15-29-50(46)61(51)40-19-6-2-7-20-40)60-57(59-55)63-49-28-14-11-24-43(49)45-36-35-44-42-23-10-13-27-48(42)62(53(44)54(45)63)41-21-8-3-9-22-41/h1-36H. The van der Waals surface area contributed by atoms with Crippen LogP contribution in [0.2, 0.25) is 0 Å². The fourth-order valence-electron chi connectivity index (χ4n) is 9.77. The smallest absolute Gasteiger partial charge is 0.238 e. The molecular formula is C57H36N6. The SMILES string of the molecule is c1ccc(-c2ccc(-c3nc(-c4cccc5c4c4ccccc4n5-c4ccccc4)nc(-n4c5ccccc5c5ccc6c7ccccc7n(-c7ccccc7)c6c54)n3)cc2)cc1. The Morgan fingerprint density at radius 3 is 1.38 bits per heavy atom. The summed E-state index contributed by atoms with van der Waals surface area (Å²) in [6.07, 6.45) is 0. The first-order valence-corrected chi connectivity index (χ1v) is 21.3. The second-order valence-electron chi connectivity index (χ2n) is 16.0. The molecular weight excluding hydrogens is 769 g/mol. The van der Waals surface area contributed by atoms with E-state index in [4.69, 9.17) is 15.0 Å². The number of para-hydroxylation sites is 5. The molecule has 13 aromatic rings. The summed E-state index contributed by atoms with van der Waals surface area (Å²) >= 11 is 0. The minimum Gasteiger partial charge on any atom is -0.309 e. The Kier molecular flexibility index (Phi) is 7.80. The molecule has 6 nitrogen and oxygen atoms in total. The van der Waals surface area contributed by atoms with Gasteiger partial charge in [0.05, 0.1) is 33.1 Å². The highest BCUT2D eigenvalue weighted by Gasteiger charge is 2.25. The third kappa shape index (κ3) is 5.41. The molecule has 63 heavy (non-hydrogen) atoms. The van der Waals surface area contributed by atoms with E-state index in [-0.39, 0.29) is 0 Å². The van der Waals surface area contributed by atoms with Crippen LogP contribution in [-0.4, -0.2) is 28.7 Å². The Balaban J connectivity index is 1.15. The molecule has 0 radical (unpaired) electrons. The van der Waals surface area contributed by atoms with Crippen molar-refractivity contribution in [3.05, 3.63) is 218 Å². The minimum atomic E-state index is 0.550. The Bertz CT molecular complexity index is 3880. The van der Waals surface area contributed by atoms with Gasteiger partial charge in [-0.15, -0.1) is 0 Å². The summed E-state index contributed by atoms with van der Waals surface area (Å²) in [7, 11) is 0. The summed E-state index contributed by atoms with van der Waals surface area (Å²) in [4.78, 5) is 16.4. The minimum absolute atomic E-state index is 0.550. The van der Waals surface area contributed by atoms with Gasteiger partial charge in [-0.05, 0) is 59.7 Å². The molecule has 0 saturated heterocycles. The van der Waals surface area contributed by atoms with Crippen molar-refractivity contribution in [1.29, 1.82) is 0 Å². The zero-order valence-electron chi connectivity index (χ0n) is 34.0. The van der Waals surface area contributed by atoms with Crippen molar-refractivity contribution < 1.29 is 0 Å². The van der Waals surface area contributed by atoms with Gasteiger partial charge in [-0.25, -0.2) is 4.98 Å². The largest absolute Gasteiger partial charge is 0.309 e. The van der Waals surface area contributed by atoms with E-state index in [2.05, 4.69) is 226 Å². The molecule has 0 aliphatic rings. The van der Waals surface area contributed by atoms with Crippen LogP contribution in [0.15, 0.2) is 218 Å². The normalized spacial score (nSPS) is 11.8. The topological polar surface area (TPSA) is 53.5 Å². The molecule has 0 fully saturated rings. The van der Waals surface area contributed by atoms with Crippen LogP contribution < -0.4 is 0 Å². The van der Waals surface area contributed by atoms with Gasteiger partial charge < -0.3 is 9.13 Å². The third-order valence-corrected chi connectivity index (χ3v) is 12.5. The molecule has 9 aromatic carbocycles. The van der Waals surface area contributed by atoms with Crippen molar-refractivity contribution in [2.45, 2.75) is 0 Å². The molecule has 4 aromatic heterocycles. The fraction of sp³-hybridized carbons (Fsp3) is 0. The molecule has 0 aliphatic carbocycles. The molecule has 0 unspecified atom stereocenters. The highest BCUT2D eigenvalue weighted by molar-refractivity contribution is 6.24. The van der Waals surface area contributed by atoms with E-state index in [9.17, 15) is 0 Å². The van der Waals surface area contributed by atoms with Crippen LogP contribution in [0.1, 0.15) is 0 Å². The molecule has 0 saturated carbocycles. The maximum absolute atomic E-state index is 5.56. The summed E-state index contributed by atoms with van der Waals surface area (Å²) < 4.78 is 7.00. The molecule has 0 bridgehead atoms. The first-order valence-electron chi connectivity index (χ1n) is 21.3. The molecule has 0 N–H and O–H groups in total. The summed E-state index contributed by atoms with van der Waals surface area (Å²) in [6.45, 7) is 0. The van der Waals surface area contributed by atoms with Crippen molar-refractivity contribution in [1.82, 2.24) is 28.7 Å². The van der Waals surface area contributed by atoms with Gasteiger partial charge in [-0.3, -0.25) is 4.57 Å². The van der Waals surface area contributed by atoms with Crippen LogP contribution in [-0.2, 0) is 0 Å². The van der Waals surface area contributed by atoms with Crippen LogP contribution in [0.3, 0.4) is 0 Å². The van der Waals surface area contributed by atoms with Crippen LogP contribution in [0.5, 0.6) is 0 Å². The van der Waals surface area contributed by atoms with Crippen LogP contribution in [0, 0.1) is 0 Å². The molecule has 0 spiro atoms. The highest BCUT2D eigenvalue weighted by Crippen LogP contribution is 2.43. The summed E-state index contributed by atoms with van der Waals surface area (Å²) in [5.74, 6) is 1.75. The second kappa shape index (κ2) is 14.0. The van der Waals surface area contributed by atoms with E-state index in [0.29, 0.717) is 17.6 Å². The van der Waals surface area contributed by atoms with Gasteiger partial charge in [0.2, 0.25) is 5.95 Å². The van der Waals surface area contributed by atoms with Crippen molar-refractivity contribution in [2.75, 3.05) is 0 Å². The quantitative estimate of drug-likeness (QED) is 0.168. The Morgan fingerprint density at radius 2 is 0.730 bits per heavy atom. The molecule has 0 amide bonds. The Labute approximate surface area is 362 Å². The molecule has 4 heterocycles. The lowest BCUT2D eigenvalue weighted by atomic mass is 10.0. The molecule has 294 valence electrons. The van der Waals surface area contributed by atoms with Crippen LogP contribution >= 0.6 is 0 Å². The predicted molar refractivity (Wildman–Crippen MR) is 259 cm³/mol. The van der Waals surface area contributed by atoms with E-state index >= 15 is 0 Å². The lowest BCUT2D eigenvalue weighted by Crippen LogP contribution is -2.07. The van der Waals surface area contributed by atoms with E-state index in [1.807, 2.05) is 6.07 Å². The molecule has 0 atom stereocenters. The number of fused-ring (bicyclic) bond motifs is 10. The molecule has 13 rings (SSSR count). The number of hydrogen-bond acceptors (Lipinski definition) is 3. The van der Waals surface area contributed by atoms with Crippen molar-refractivity contribution >= 4 is 65.4 Å². The van der Waals surface area contributed by atoms with E-state index in [1.54, 1.807) is 0 Å². The van der Waals surface area contributed by atoms with Gasteiger partial charge in [0.1, 0.15) is 0 Å². The van der Waals surface area contributed by atoms with Gasteiger partial charge in [0.25, 0.3) is 0 Å². The second-order valence-corrected chi connectivity index (χ2v) is 16.0. The summed E-state index contributed by atoms with van der Waals surface area (Å²) in [5, 5.41) is 6.83. The van der Waals surface area contributed by atoms with Crippen molar-refractivity contribution in [3.8, 4) is 51.2 Å².